The van der Waals surface area contributed by atoms with E-state index in [-0.39, 0.29) is 0 Å². The molecule has 1 rings (SSSR count). The van der Waals surface area contributed by atoms with E-state index in [2.05, 4.69) is 20.0 Å². The third-order valence-corrected chi connectivity index (χ3v) is 3.67. The fourth-order valence-electron chi connectivity index (χ4n) is 2.36. The van der Waals surface area contributed by atoms with Crippen molar-refractivity contribution in [1.82, 2.24) is 20.0 Å². The molecule has 0 aromatic carbocycles. The number of nitrogens with one attached hydrogen (secondary N) is 1. The van der Waals surface area contributed by atoms with E-state index in [9.17, 15) is 14.4 Å². The maximum absolute atomic E-state index is 10.8. The Morgan fingerprint density at radius 3 is 1.29 bits per heavy atom. The van der Waals surface area contributed by atoms with Crippen LogP contribution in [0.1, 0.15) is 0 Å². The van der Waals surface area contributed by atoms with Crippen molar-refractivity contribution in [2.45, 2.75) is 0 Å². The van der Waals surface area contributed by atoms with Gasteiger partial charge in [0, 0.05) is 52.4 Å². The van der Waals surface area contributed by atoms with Gasteiger partial charge in [-0.05, 0) is 0 Å². The predicted octanol–water partition coefficient (Wildman–Crippen LogP) is -1.91. The van der Waals surface area contributed by atoms with Crippen molar-refractivity contribution in [3.63, 3.8) is 0 Å². The summed E-state index contributed by atoms with van der Waals surface area (Å²) >= 11 is 0. The van der Waals surface area contributed by atoms with E-state index in [1.807, 2.05) is 0 Å². The Labute approximate surface area is 126 Å². The zero-order valence-electron chi connectivity index (χ0n) is 12.6. The van der Waals surface area contributed by atoms with Gasteiger partial charge in [-0.25, -0.2) is 0 Å². The molecule has 21 heavy (non-hydrogen) atoms. The van der Waals surface area contributed by atoms with Crippen LogP contribution in [-0.2, 0) is 14.4 Å². The number of hydrogen-bond donors (Lipinski definition) is 1. The monoisotopic (exact) mass is 298 g/mol. The van der Waals surface area contributed by atoms with Crippen LogP contribution in [0.2, 0.25) is 0 Å². The summed E-state index contributed by atoms with van der Waals surface area (Å²) in [5.41, 5.74) is 0. The van der Waals surface area contributed by atoms with Crippen LogP contribution in [0.25, 0.3) is 0 Å². The van der Waals surface area contributed by atoms with Crippen LogP contribution in [0.4, 0.5) is 0 Å². The molecule has 0 atom stereocenters. The Balaban J connectivity index is 2.56. The fraction of sp³-hybridized carbons (Fsp3) is 0.786. The lowest BCUT2D eigenvalue weighted by Gasteiger charge is -2.29. The summed E-state index contributed by atoms with van der Waals surface area (Å²) in [6, 6.07) is 0. The largest absolute Gasteiger partial charge is 0.314 e. The van der Waals surface area contributed by atoms with E-state index in [1.54, 1.807) is 0 Å². The van der Waals surface area contributed by atoms with Crippen molar-refractivity contribution < 1.29 is 14.4 Å². The molecule has 1 saturated heterocycles. The molecule has 0 saturated carbocycles. The first-order valence-corrected chi connectivity index (χ1v) is 7.49. The van der Waals surface area contributed by atoms with E-state index in [4.69, 9.17) is 0 Å². The second kappa shape index (κ2) is 11.5. The third kappa shape index (κ3) is 8.01. The Morgan fingerprint density at radius 1 is 0.619 bits per heavy atom. The summed E-state index contributed by atoms with van der Waals surface area (Å²) in [5, 5.41) is 3.33. The molecular formula is C14H26N4O3. The molecule has 0 spiro atoms. The minimum atomic E-state index is 0.391. The molecule has 0 unspecified atom stereocenters. The highest BCUT2D eigenvalue weighted by Gasteiger charge is 2.12. The highest BCUT2D eigenvalue weighted by molar-refractivity contribution is 5.52. The topological polar surface area (TPSA) is 73.0 Å². The van der Waals surface area contributed by atoms with Crippen molar-refractivity contribution >= 4 is 18.9 Å². The summed E-state index contributed by atoms with van der Waals surface area (Å²) in [7, 11) is 0. The van der Waals surface area contributed by atoms with Crippen molar-refractivity contribution in [2.24, 2.45) is 0 Å². The summed E-state index contributed by atoms with van der Waals surface area (Å²) in [6.07, 6.45) is 2.74. The first kappa shape index (κ1) is 17.9. The number of carbonyl (C=O) groups excluding carboxylic acids is 3. The third-order valence-electron chi connectivity index (χ3n) is 3.67. The number of hydrogen-bond acceptors (Lipinski definition) is 7. The van der Waals surface area contributed by atoms with Crippen molar-refractivity contribution in [2.75, 3.05) is 72.0 Å². The van der Waals surface area contributed by atoms with E-state index in [1.165, 1.54) is 0 Å². The van der Waals surface area contributed by atoms with Crippen LogP contribution in [0.5, 0.6) is 0 Å². The van der Waals surface area contributed by atoms with Crippen molar-refractivity contribution in [3.05, 3.63) is 0 Å². The normalized spacial score (nSPS) is 21.1. The van der Waals surface area contributed by atoms with Gasteiger partial charge in [0.1, 0.15) is 18.9 Å². The molecule has 1 aliphatic rings. The Morgan fingerprint density at radius 2 is 0.952 bits per heavy atom. The number of carbonyl (C=O) groups is 3. The predicted molar refractivity (Wildman–Crippen MR) is 80.4 cm³/mol. The highest BCUT2D eigenvalue weighted by atomic mass is 16.1. The molecule has 0 bridgehead atoms. The second-order valence-electron chi connectivity index (χ2n) is 5.15. The number of rotatable bonds is 6. The van der Waals surface area contributed by atoms with Gasteiger partial charge in [0.15, 0.2) is 0 Å². The maximum atomic E-state index is 10.8. The zero-order chi connectivity index (χ0) is 15.3. The SMILES string of the molecule is O=CCN1CCNCCN(CC=O)CCN(CC=O)CC1. The standard InChI is InChI=1S/C14H26N4O3/c19-12-9-16-3-1-15-2-4-17(10-13-20)6-8-18(7-5-16)11-14-21/h12-15H,1-11H2. The minimum absolute atomic E-state index is 0.391. The lowest BCUT2D eigenvalue weighted by Crippen LogP contribution is -2.45. The second-order valence-corrected chi connectivity index (χ2v) is 5.15. The number of nitrogens with zero attached hydrogens (tertiary/aromatic N) is 3. The summed E-state index contributed by atoms with van der Waals surface area (Å²) in [6.45, 7) is 7.52. The zero-order valence-corrected chi connectivity index (χ0v) is 12.6. The minimum Gasteiger partial charge on any atom is -0.314 e. The van der Waals surface area contributed by atoms with Gasteiger partial charge in [-0.15, -0.1) is 0 Å². The van der Waals surface area contributed by atoms with Crippen LogP contribution < -0.4 is 5.32 Å². The van der Waals surface area contributed by atoms with Crippen LogP contribution in [0.15, 0.2) is 0 Å². The van der Waals surface area contributed by atoms with Crippen LogP contribution >= 0.6 is 0 Å². The maximum Gasteiger partial charge on any atom is 0.133 e. The van der Waals surface area contributed by atoms with Gasteiger partial charge >= 0.3 is 0 Å². The van der Waals surface area contributed by atoms with Crippen LogP contribution in [0.3, 0.4) is 0 Å². The molecule has 120 valence electrons. The van der Waals surface area contributed by atoms with E-state index < -0.39 is 0 Å². The fourth-order valence-corrected chi connectivity index (χ4v) is 2.36. The van der Waals surface area contributed by atoms with Gasteiger partial charge in [-0.3, -0.25) is 14.7 Å². The van der Waals surface area contributed by atoms with Crippen LogP contribution in [0, 0.1) is 0 Å². The molecular weight excluding hydrogens is 272 g/mol. The van der Waals surface area contributed by atoms with Crippen molar-refractivity contribution in [3.8, 4) is 0 Å². The Hall–Kier alpha value is -1.15. The summed E-state index contributed by atoms with van der Waals surface area (Å²) < 4.78 is 0. The van der Waals surface area contributed by atoms with E-state index >= 15 is 0 Å². The van der Waals surface area contributed by atoms with E-state index in [0.29, 0.717) is 19.6 Å². The average molecular weight is 298 g/mol. The van der Waals surface area contributed by atoms with Gasteiger partial charge in [-0.2, -0.15) is 0 Å². The lowest BCUT2D eigenvalue weighted by atomic mass is 10.3. The molecule has 0 aliphatic carbocycles. The molecule has 1 heterocycles. The smallest absolute Gasteiger partial charge is 0.133 e. The average Bonchev–Trinajstić information content (AvgIpc) is 2.47. The van der Waals surface area contributed by atoms with Crippen LogP contribution in [-0.4, -0.2) is 106 Å². The lowest BCUT2D eigenvalue weighted by molar-refractivity contribution is -0.110. The summed E-state index contributed by atoms with van der Waals surface area (Å²) in [4.78, 5) is 38.4. The first-order valence-electron chi connectivity index (χ1n) is 7.49. The first-order chi connectivity index (χ1) is 10.3. The molecule has 0 amide bonds. The molecule has 7 nitrogen and oxygen atoms in total. The Bertz CT molecular complexity index is 291. The highest BCUT2D eigenvalue weighted by Crippen LogP contribution is 1.95. The van der Waals surface area contributed by atoms with Gasteiger partial charge in [0.2, 0.25) is 0 Å². The molecule has 0 aromatic heterocycles. The Kier molecular flexibility index (Phi) is 9.81. The number of aldehydes is 3. The van der Waals surface area contributed by atoms with Gasteiger partial charge in [0.05, 0.1) is 19.6 Å². The molecule has 1 fully saturated rings. The molecule has 1 aliphatic heterocycles. The quantitative estimate of drug-likeness (QED) is 0.574. The molecule has 1 N–H and O–H groups in total. The van der Waals surface area contributed by atoms with Gasteiger partial charge in [-0.1, -0.05) is 0 Å². The molecule has 0 aromatic rings. The molecule has 7 heteroatoms. The summed E-state index contributed by atoms with van der Waals surface area (Å²) in [5.74, 6) is 0. The van der Waals surface area contributed by atoms with Gasteiger partial charge < -0.3 is 19.7 Å². The molecule has 0 radical (unpaired) electrons. The van der Waals surface area contributed by atoms with Crippen molar-refractivity contribution in [1.29, 1.82) is 0 Å². The van der Waals surface area contributed by atoms with E-state index in [0.717, 1.165) is 71.2 Å². The van der Waals surface area contributed by atoms with Gasteiger partial charge in [0.25, 0.3) is 0 Å².